The first-order chi connectivity index (χ1) is 4.57. The van der Waals surface area contributed by atoms with E-state index in [1.165, 1.54) is 0 Å². The number of hydrogen-bond donors (Lipinski definition) is 2. The summed E-state index contributed by atoms with van der Waals surface area (Å²) < 4.78 is 0. The van der Waals surface area contributed by atoms with E-state index in [0.29, 0.717) is 0 Å². The predicted molar refractivity (Wildman–Crippen MR) is 39.5 cm³/mol. The Kier molecular flexibility index (Phi) is 4.03. The van der Waals surface area contributed by atoms with Gasteiger partial charge in [0.05, 0.1) is 6.61 Å². The Bertz CT molecular complexity index is 112. The fourth-order valence-electron chi connectivity index (χ4n) is 0.455. The van der Waals surface area contributed by atoms with Crippen LogP contribution < -0.4 is 5.32 Å². The molecule has 0 aliphatic carbocycles. The third-order valence-corrected chi connectivity index (χ3v) is 1.19. The highest BCUT2D eigenvalue weighted by Gasteiger charge is 2.08. The molecule has 0 aromatic heterocycles. The Morgan fingerprint density at radius 3 is 2.30 bits per heavy atom. The SMILES string of the molecule is CC(C)C(=O)N[C@H](C)CO. The molecule has 0 unspecified atom stereocenters. The summed E-state index contributed by atoms with van der Waals surface area (Å²) in [4.78, 5) is 10.9. The fraction of sp³-hybridized carbons (Fsp3) is 0.857. The second kappa shape index (κ2) is 4.28. The minimum atomic E-state index is -0.130. The molecule has 0 aromatic carbocycles. The molecule has 0 aliphatic heterocycles. The molecule has 0 heterocycles. The number of carbonyl (C=O) groups is 1. The molecule has 0 saturated carbocycles. The maximum absolute atomic E-state index is 10.9. The Balaban J connectivity index is 3.57. The lowest BCUT2D eigenvalue weighted by Crippen LogP contribution is -2.37. The summed E-state index contributed by atoms with van der Waals surface area (Å²) in [6, 6.07) is -0.130. The lowest BCUT2D eigenvalue weighted by Gasteiger charge is -2.12. The molecule has 0 spiro atoms. The molecule has 3 nitrogen and oxygen atoms in total. The number of aliphatic hydroxyl groups excluding tert-OH is 1. The molecular weight excluding hydrogens is 130 g/mol. The Morgan fingerprint density at radius 2 is 2.00 bits per heavy atom. The van der Waals surface area contributed by atoms with E-state index in [4.69, 9.17) is 5.11 Å². The fourth-order valence-corrected chi connectivity index (χ4v) is 0.455. The van der Waals surface area contributed by atoms with Gasteiger partial charge in [0.15, 0.2) is 0 Å². The monoisotopic (exact) mass is 145 g/mol. The number of rotatable bonds is 3. The molecule has 2 N–H and O–H groups in total. The first-order valence-electron chi connectivity index (χ1n) is 3.49. The second-order valence-corrected chi connectivity index (χ2v) is 2.75. The summed E-state index contributed by atoms with van der Waals surface area (Å²) in [7, 11) is 0. The molecule has 60 valence electrons. The van der Waals surface area contributed by atoms with Crippen LogP contribution in [0.25, 0.3) is 0 Å². The van der Waals surface area contributed by atoms with E-state index in [-0.39, 0.29) is 24.5 Å². The van der Waals surface area contributed by atoms with Crippen LogP contribution in [0.15, 0.2) is 0 Å². The minimum absolute atomic E-state index is 0.00153. The van der Waals surface area contributed by atoms with Crippen LogP contribution in [0.3, 0.4) is 0 Å². The van der Waals surface area contributed by atoms with Gasteiger partial charge in [0, 0.05) is 12.0 Å². The molecule has 0 saturated heterocycles. The van der Waals surface area contributed by atoms with Crippen molar-refractivity contribution in [2.75, 3.05) is 6.61 Å². The number of amides is 1. The van der Waals surface area contributed by atoms with Gasteiger partial charge in [-0.3, -0.25) is 4.79 Å². The van der Waals surface area contributed by atoms with E-state index in [0.717, 1.165) is 0 Å². The van der Waals surface area contributed by atoms with E-state index in [2.05, 4.69) is 5.32 Å². The van der Waals surface area contributed by atoms with E-state index in [1.54, 1.807) is 6.92 Å². The van der Waals surface area contributed by atoms with Crippen molar-refractivity contribution < 1.29 is 9.90 Å². The van der Waals surface area contributed by atoms with Crippen LogP contribution in [0.4, 0.5) is 0 Å². The van der Waals surface area contributed by atoms with Gasteiger partial charge >= 0.3 is 0 Å². The maximum atomic E-state index is 10.9. The molecule has 3 heteroatoms. The van der Waals surface area contributed by atoms with Crippen molar-refractivity contribution in [3.05, 3.63) is 0 Å². The number of nitrogens with one attached hydrogen (secondary N) is 1. The van der Waals surface area contributed by atoms with Crippen molar-refractivity contribution in [3.63, 3.8) is 0 Å². The van der Waals surface area contributed by atoms with Gasteiger partial charge in [0.2, 0.25) is 5.91 Å². The summed E-state index contributed by atoms with van der Waals surface area (Å²) in [5.74, 6) is -0.0180. The summed E-state index contributed by atoms with van der Waals surface area (Å²) in [6.07, 6.45) is 0. The first-order valence-corrected chi connectivity index (χ1v) is 3.49. The van der Waals surface area contributed by atoms with Crippen LogP contribution in [0.5, 0.6) is 0 Å². The van der Waals surface area contributed by atoms with E-state index < -0.39 is 0 Å². The molecule has 0 bridgehead atoms. The van der Waals surface area contributed by atoms with Crippen molar-refractivity contribution in [1.82, 2.24) is 5.32 Å². The average Bonchev–Trinajstić information content (AvgIpc) is 1.87. The smallest absolute Gasteiger partial charge is 0.222 e. The van der Waals surface area contributed by atoms with Crippen LogP contribution in [-0.4, -0.2) is 23.7 Å². The zero-order valence-electron chi connectivity index (χ0n) is 6.72. The van der Waals surface area contributed by atoms with Gasteiger partial charge in [-0.2, -0.15) is 0 Å². The van der Waals surface area contributed by atoms with Crippen molar-refractivity contribution in [1.29, 1.82) is 0 Å². The third-order valence-electron chi connectivity index (χ3n) is 1.19. The van der Waals surface area contributed by atoms with Crippen molar-refractivity contribution >= 4 is 5.91 Å². The molecule has 0 radical (unpaired) electrons. The van der Waals surface area contributed by atoms with Gasteiger partial charge in [0.1, 0.15) is 0 Å². The summed E-state index contributed by atoms with van der Waals surface area (Å²) in [5.41, 5.74) is 0. The number of hydrogen-bond acceptors (Lipinski definition) is 2. The molecular formula is C7H15NO2. The van der Waals surface area contributed by atoms with Gasteiger partial charge in [-0.05, 0) is 6.92 Å². The molecule has 1 amide bonds. The zero-order valence-corrected chi connectivity index (χ0v) is 6.72. The van der Waals surface area contributed by atoms with Crippen LogP contribution in [0, 0.1) is 5.92 Å². The molecule has 0 aromatic rings. The zero-order chi connectivity index (χ0) is 8.15. The molecule has 0 fully saturated rings. The van der Waals surface area contributed by atoms with Crippen molar-refractivity contribution in [2.24, 2.45) is 5.92 Å². The van der Waals surface area contributed by atoms with Gasteiger partial charge in [-0.15, -0.1) is 0 Å². The quantitative estimate of drug-likeness (QED) is 0.593. The Morgan fingerprint density at radius 1 is 1.50 bits per heavy atom. The van der Waals surface area contributed by atoms with Gasteiger partial charge in [-0.25, -0.2) is 0 Å². The summed E-state index contributed by atoms with van der Waals surface area (Å²) >= 11 is 0. The summed E-state index contributed by atoms with van der Waals surface area (Å²) in [5, 5.41) is 11.2. The highest BCUT2D eigenvalue weighted by atomic mass is 16.3. The van der Waals surface area contributed by atoms with Crippen molar-refractivity contribution in [3.8, 4) is 0 Å². The normalized spacial score (nSPS) is 13.3. The van der Waals surface area contributed by atoms with Crippen LogP contribution >= 0.6 is 0 Å². The van der Waals surface area contributed by atoms with Crippen LogP contribution in [0.1, 0.15) is 20.8 Å². The molecule has 1 atom stereocenters. The van der Waals surface area contributed by atoms with Gasteiger partial charge < -0.3 is 10.4 Å². The summed E-state index contributed by atoms with van der Waals surface area (Å²) in [6.45, 7) is 5.40. The standard InChI is InChI=1S/C7H15NO2/c1-5(2)7(10)8-6(3)4-9/h5-6,9H,4H2,1-3H3,(H,8,10)/t6-/m1/s1. The Labute approximate surface area is 61.4 Å². The predicted octanol–water partition coefficient (Wildman–Crippen LogP) is 0.139. The lowest BCUT2D eigenvalue weighted by atomic mass is 10.2. The first kappa shape index (κ1) is 9.43. The topological polar surface area (TPSA) is 49.3 Å². The van der Waals surface area contributed by atoms with Crippen LogP contribution in [0.2, 0.25) is 0 Å². The van der Waals surface area contributed by atoms with E-state index in [1.807, 2.05) is 13.8 Å². The Hall–Kier alpha value is -0.570. The maximum Gasteiger partial charge on any atom is 0.222 e. The van der Waals surface area contributed by atoms with Crippen molar-refractivity contribution in [2.45, 2.75) is 26.8 Å². The van der Waals surface area contributed by atoms with Gasteiger partial charge in [-0.1, -0.05) is 13.8 Å². The second-order valence-electron chi connectivity index (χ2n) is 2.75. The largest absolute Gasteiger partial charge is 0.394 e. The van der Waals surface area contributed by atoms with E-state index >= 15 is 0 Å². The molecule has 0 rings (SSSR count). The number of carbonyl (C=O) groups excluding carboxylic acids is 1. The highest BCUT2D eigenvalue weighted by Crippen LogP contribution is 1.91. The average molecular weight is 145 g/mol. The third kappa shape index (κ3) is 3.45. The number of aliphatic hydroxyl groups is 1. The highest BCUT2D eigenvalue weighted by molar-refractivity contribution is 5.78. The molecule has 10 heavy (non-hydrogen) atoms. The molecule has 0 aliphatic rings. The van der Waals surface area contributed by atoms with Gasteiger partial charge in [0.25, 0.3) is 0 Å². The van der Waals surface area contributed by atoms with Crippen LogP contribution in [-0.2, 0) is 4.79 Å². The minimum Gasteiger partial charge on any atom is -0.394 e. The lowest BCUT2D eigenvalue weighted by molar-refractivity contribution is -0.124. The van der Waals surface area contributed by atoms with E-state index in [9.17, 15) is 4.79 Å².